The summed E-state index contributed by atoms with van der Waals surface area (Å²) in [6.45, 7) is 1.46. The van der Waals surface area contributed by atoms with Gasteiger partial charge >= 0.3 is 122 Å². The van der Waals surface area contributed by atoms with Crippen molar-refractivity contribution in [1.29, 1.82) is 0 Å². The number of nitrogens with zero attached hydrogens (tertiary/aromatic N) is 2. The van der Waals surface area contributed by atoms with Crippen LogP contribution in [0.25, 0.3) is 0 Å². The Morgan fingerprint density at radius 2 is 1.08 bits per heavy atom. The summed E-state index contributed by atoms with van der Waals surface area (Å²) in [6.07, 6.45) is 0. The van der Waals surface area contributed by atoms with Crippen molar-refractivity contribution in [3.05, 3.63) is 143 Å². The van der Waals surface area contributed by atoms with Crippen LogP contribution < -0.4 is 62.4 Å². The van der Waals surface area contributed by atoms with Crippen molar-refractivity contribution in [2.45, 2.75) is 26.4 Å². The molecule has 20 nitrogen and oxygen atoms in total. The van der Waals surface area contributed by atoms with Crippen molar-refractivity contribution in [1.82, 2.24) is 0 Å². The molecule has 310 valence electrons. The molecule has 27 heteroatoms. The molecule has 0 spiro atoms. The third kappa shape index (κ3) is 19.9. The number of halogens is 4. The Labute approximate surface area is 408 Å². The van der Waals surface area contributed by atoms with E-state index in [1.165, 1.54) is 17.5 Å². The largest absolute Gasteiger partial charge is 1.00 e. The molecule has 4 N–H and O–H groups in total. The van der Waals surface area contributed by atoms with E-state index in [9.17, 15) is 29.3 Å². The Kier molecular flexibility index (Phi) is 27.0. The van der Waals surface area contributed by atoms with Crippen molar-refractivity contribution in [2.24, 2.45) is 5.34 Å². The van der Waals surface area contributed by atoms with Crippen LogP contribution in [-0.4, -0.2) is 65.2 Å². The number of fused-ring (bicyclic) bond motifs is 4. The number of carbonyl (C=O) groups excluding carboxylic acids is 4. The number of ether oxygens (including phenoxy) is 4. The summed E-state index contributed by atoms with van der Waals surface area (Å²) in [5.74, 6) is -1.18. The van der Waals surface area contributed by atoms with Crippen molar-refractivity contribution in [2.75, 3.05) is 5.73 Å². The third-order valence-corrected chi connectivity index (χ3v) is 7.37. The summed E-state index contributed by atoms with van der Waals surface area (Å²) in [5.41, 5.74) is 11.9. The average Bonchev–Trinajstić information content (AvgIpc) is 3.95. The zero-order chi connectivity index (χ0) is 42.7. The number of hydrogen-bond acceptors (Lipinski definition) is 17. The van der Waals surface area contributed by atoms with E-state index in [-0.39, 0.29) is 94.0 Å². The molecule has 4 aromatic carbocycles. The smallest absolute Gasteiger partial charge is 1.00 e. The van der Waals surface area contributed by atoms with Gasteiger partial charge in [0.1, 0.15) is 31.8 Å². The fourth-order valence-corrected chi connectivity index (χ4v) is 4.86. The Bertz CT molecular complexity index is 2160. The van der Waals surface area contributed by atoms with E-state index in [1.54, 1.807) is 30.3 Å². The molecule has 0 aliphatic carbocycles. The van der Waals surface area contributed by atoms with Crippen molar-refractivity contribution in [3.63, 3.8) is 0 Å². The normalized spacial score (nSPS) is 12.5. The monoisotopic (exact) mass is 1100 g/mol. The minimum absolute atomic E-state index is 0. The molecule has 8 rings (SSSR count). The van der Waals surface area contributed by atoms with Gasteiger partial charge in [0.2, 0.25) is 0 Å². The van der Waals surface area contributed by atoms with Crippen molar-refractivity contribution < 1.29 is 122 Å². The number of cyclic esters (lactones) is 4. The number of rotatable bonds is 2. The Balaban J connectivity index is 0.000000692. The molecule has 0 amide bonds. The number of non-ortho nitro benzene ring substituents is 1. The number of benzene rings is 4. The zero-order valence-corrected chi connectivity index (χ0v) is 40.5. The fourth-order valence-electron chi connectivity index (χ4n) is 4.50. The second-order valence-corrected chi connectivity index (χ2v) is 16.5. The number of hydrogen-bond donors (Lipinski definition) is 3. The second kappa shape index (κ2) is 28.5. The van der Waals surface area contributed by atoms with E-state index in [4.69, 9.17) is 70.2 Å². The van der Waals surface area contributed by atoms with Gasteiger partial charge in [-0.3, -0.25) is 19.2 Å². The van der Waals surface area contributed by atoms with Crippen LogP contribution >= 0.6 is 46.2 Å². The molecule has 0 saturated heterocycles. The number of carbonyl (C=O) groups is 4. The van der Waals surface area contributed by atoms with Crippen molar-refractivity contribution in [3.8, 4) is 0 Å². The molecule has 0 aromatic heterocycles. The molecule has 4 aliphatic rings. The molecule has 0 bridgehead atoms. The quantitative estimate of drug-likeness (QED) is 0.0299. The number of esters is 4. The Morgan fingerprint density at radius 3 is 1.51 bits per heavy atom. The van der Waals surface area contributed by atoms with Crippen LogP contribution in [0.4, 0.5) is 11.4 Å². The minimum Gasteiger partial charge on any atom is 1.00 e. The van der Waals surface area contributed by atoms with E-state index in [1.807, 2.05) is 36.4 Å². The van der Waals surface area contributed by atoms with E-state index >= 15 is 0 Å². The predicted octanol–water partition coefficient (Wildman–Crippen LogP) is 2.41. The van der Waals surface area contributed by atoms with Gasteiger partial charge in [-0.25, -0.2) is 19.2 Å². The van der Waals surface area contributed by atoms with Crippen molar-refractivity contribution >= 4 is 111 Å². The van der Waals surface area contributed by atoms with Gasteiger partial charge in [0, 0.05) is 44.5 Å². The van der Waals surface area contributed by atoms with Gasteiger partial charge in [-0.1, -0.05) is 46.3 Å². The van der Waals surface area contributed by atoms with Crippen LogP contribution in [0.5, 0.6) is 0 Å². The summed E-state index contributed by atoms with van der Waals surface area (Å²) in [4.78, 5) is 64.3. The third-order valence-electron chi connectivity index (χ3n) is 6.87. The first kappa shape index (κ1) is 56.0. The Hall–Kier alpha value is -3.02. The number of anilines is 1. The van der Waals surface area contributed by atoms with Crippen LogP contribution in [0.1, 0.15) is 63.7 Å². The summed E-state index contributed by atoms with van der Waals surface area (Å²) >= 11 is 2.46. The first-order valence-electron chi connectivity index (χ1n) is 14.9. The van der Waals surface area contributed by atoms with Crippen LogP contribution in [0.3, 0.4) is 0 Å². The van der Waals surface area contributed by atoms with Gasteiger partial charge in [-0.2, -0.15) is 8.42 Å². The molecule has 59 heavy (non-hydrogen) atoms. The maximum absolute atomic E-state index is 11.0. The van der Waals surface area contributed by atoms with Gasteiger partial charge in [0.05, 0.1) is 27.2 Å². The van der Waals surface area contributed by atoms with Gasteiger partial charge in [-0.15, -0.1) is 17.3 Å². The SMILES string of the molecule is Cl.Nc1ccc2c(c1)C(=O)OC2.O=C1OCc2ccc(Br)cc21.O=C1OCc2ccc([N+](=O)[O-])cc21.O=C1OCc2ccccc21.O=NO[O-].O=S(=O)(O)O.[Cl][Sn][Cl].[K+]. The Morgan fingerprint density at radius 1 is 0.729 bits per heavy atom. The number of nitrogen functional groups attached to an aromatic ring is 1. The fraction of sp³-hybridized carbons (Fsp3) is 0.125. The first-order valence-corrected chi connectivity index (χ1v) is 24.3. The van der Waals surface area contributed by atoms with E-state index in [0.29, 0.717) is 53.3 Å². The predicted molar refractivity (Wildman–Crippen MR) is 207 cm³/mol. The number of nitrogens with two attached hydrogens (primary N) is 1. The van der Waals surface area contributed by atoms with Gasteiger partial charge < -0.3 is 34.9 Å². The standard InChI is InChI=1S/C8H5BrO2.C8H5NO4.C8H7NO2.C8H6O2.3ClH.K.HNO3.H2O4S.Sn/c9-6-2-1-5-4-11-8(10)7(5)3-6;10-8-7-3-6(9(11)12)2-1-5(7)4-13-8;9-6-2-1-5-4-11-8(10)7(5)3-6;9-8-7-4-2-1-3-6(7)5-10-8;;;;;2-1-4-3;1-5(2,3)4;/h1-3H,4H2;1-3H,4H2;1-3H,4,9H2;1-4H,5H2;3*1H;;3H;(H2,1,2,3,4);/q;;;;;;;+1;;;+2/p-3. The molecule has 2 radical (unpaired) electrons. The summed E-state index contributed by atoms with van der Waals surface area (Å²) in [5, 5.41) is 20.1. The van der Waals surface area contributed by atoms with Gasteiger partial charge in [-0.05, 0) is 36.4 Å². The maximum Gasteiger partial charge on any atom is 1.00 e. The van der Waals surface area contributed by atoms with Crippen LogP contribution in [0, 0.1) is 15.0 Å². The van der Waals surface area contributed by atoms with E-state index in [2.05, 4.69) is 20.9 Å². The topological polar surface area (TPSA) is 311 Å². The summed E-state index contributed by atoms with van der Waals surface area (Å²) in [6, 6.07) is 22.4. The minimum atomic E-state index is -4.67. The molecule has 0 atom stereocenters. The molecule has 0 unspecified atom stereocenters. The van der Waals surface area contributed by atoms with E-state index in [0.717, 1.165) is 21.2 Å². The van der Waals surface area contributed by atoms with Crippen LogP contribution in [0.15, 0.2) is 88.7 Å². The van der Waals surface area contributed by atoms with Gasteiger partial charge in [0.25, 0.3) is 5.69 Å². The molecule has 0 fully saturated rings. The molecule has 4 heterocycles. The molecule has 4 aliphatic heterocycles. The number of nitro groups is 1. The zero-order valence-electron chi connectivity index (χ0n) is 29.8. The van der Waals surface area contributed by atoms with E-state index < -0.39 is 40.2 Å². The first-order chi connectivity index (χ1) is 26.9. The average molecular weight is 1100 g/mol. The number of nitro benzene ring substituents is 1. The second-order valence-electron chi connectivity index (χ2n) is 10.4. The summed E-state index contributed by atoms with van der Waals surface area (Å²) < 4.78 is 51.6. The molecular formula is C32H26BrCl3KN3O17SSn. The maximum atomic E-state index is 11.0. The molecular weight excluding hydrogens is 1070 g/mol. The molecule has 4 aromatic rings. The van der Waals surface area contributed by atoms with Crippen LogP contribution in [0.2, 0.25) is 0 Å². The molecule has 0 saturated carbocycles. The summed E-state index contributed by atoms with van der Waals surface area (Å²) in [7, 11) is 5.20. The van der Waals surface area contributed by atoms with Crippen LogP contribution in [-0.2, 0) is 60.8 Å². The van der Waals surface area contributed by atoms with Gasteiger partial charge in [0.15, 0.2) is 0 Å².